The molecule has 0 aliphatic carbocycles. The van der Waals surface area contributed by atoms with Crippen LogP contribution in [0.1, 0.15) is 19.6 Å². The Labute approximate surface area is 74.3 Å². The summed E-state index contributed by atoms with van der Waals surface area (Å²) in [5.41, 5.74) is 0. The Morgan fingerprint density at radius 2 is 2.45 bits per heavy atom. The third-order valence-corrected chi connectivity index (χ3v) is 1.59. The average molecular weight is 219 g/mol. The molecule has 0 unspecified atom stereocenters. The number of nitrogens with zero attached hydrogens (tertiary/aromatic N) is 1. The van der Waals surface area contributed by atoms with E-state index in [0.29, 0.717) is 6.04 Å². The second-order valence-electron chi connectivity index (χ2n) is 2.65. The molecule has 3 nitrogen and oxygen atoms in total. The van der Waals surface area contributed by atoms with Crippen molar-refractivity contribution in [3.63, 3.8) is 0 Å². The molecule has 62 valence electrons. The first kappa shape index (κ1) is 8.74. The SMILES string of the molecule is CC(C)NCc1cc(Br)no1. The highest BCUT2D eigenvalue weighted by molar-refractivity contribution is 9.10. The Kier molecular flexibility index (Phi) is 3.08. The summed E-state index contributed by atoms with van der Waals surface area (Å²) in [5.74, 6) is 0.852. The molecule has 1 heterocycles. The number of halogens is 1. The van der Waals surface area contributed by atoms with Gasteiger partial charge in [-0.1, -0.05) is 19.0 Å². The van der Waals surface area contributed by atoms with Crippen LogP contribution in [-0.4, -0.2) is 11.2 Å². The molecule has 0 saturated heterocycles. The van der Waals surface area contributed by atoms with Crippen molar-refractivity contribution in [2.24, 2.45) is 0 Å². The smallest absolute Gasteiger partial charge is 0.151 e. The molecule has 0 spiro atoms. The van der Waals surface area contributed by atoms with E-state index >= 15 is 0 Å². The average Bonchev–Trinajstić information content (AvgIpc) is 2.31. The lowest BCUT2D eigenvalue weighted by atomic mass is 10.3. The van der Waals surface area contributed by atoms with Crippen molar-refractivity contribution in [1.82, 2.24) is 10.5 Å². The van der Waals surface area contributed by atoms with Crippen LogP contribution in [0.15, 0.2) is 15.2 Å². The summed E-state index contributed by atoms with van der Waals surface area (Å²) in [6, 6.07) is 2.33. The van der Waals surface area contributed by atoms with Gasteiger partial charge in [0.05, 0.1) is 6.54 Å². The van der Waals surface area contributed by atoms with E-state index in [1.807, 2.05) is 6.07 Å². The van der Waals surface area contributed by atoms with Gasteiger partial charge in [-0.15, -0.1) is 0 Å². The lowest BCUT2D eigenvalue weighted by Crippen LogP contribution is -2.21. The fourth-order valence-electron chi connectivity index (χ4n) is 0.676. The van der Waals surface area contributed by atoms with Crippen molar-refractivity contribution in [1.29, 1.82) is 0 Å². The minimum Gasteiger partial charge on any atom is -0.359 e. The van der Waals surface area contributed by atoms with Gasteiger partial charge in [-0.2, -0.15) is 0 Å². The molecule has 0 radical (unpaired) electrons. The summed E-state index contributed by atoms with van der Waals surface area (Å²) < 4.78 is 5.70. The number of rotatable bonds is 3. The second kappa shape index (κ2) is 3.88. The zero-order valence-electron chi connectivity index (χ0n) is 6.60. The standard InChI is InChI=1S/C7H11BrN2O/c1-5(2)9-4-6-3-7(8)10-11-6/h3,5,9H,4H2,1-2H3. The van der Waals surface area contributed by atoms with Gasteiger partial charge >= 0.3 is 0 Å². The van der Waals surface area contributed by atoms with Crippen molar-refractivity contribution >= 4 is 15.9 Å². The van der Waals surface area contributed by atoms with E-state index in [-0.39, 0.29) is 0 Å². The topological polar surface area (TPSA) is 38.1 Å². The molecule has 0 aromatic carbocycles. The summed E-state index contributed by atoms with van der Waals surface area (Å²) in [6.07, 6.45) is 0. The molecule has 0 saturated carbocycles. The Balaban J connectivity index is 2.39. The van der Waals surface area contributed by atoms with Crippen LogP contribution in [0, 0.1) is 0 Å². The fraction of sp³-hybridized carbons (Fsp3) is 0.571. The van der Waals surface area contributed by atoms with Crippen molar-refractivity contribution in [2.45, 2.75) is 26.4 Å². The minimum atomic E-state index is 0.471. The molecule has 0 aliphatic rings. The van der Waals surface area contributed by atoms with E-state index < -0.39 is 0 Å². The van der Waals surface area contributed by atoms with Crippen molar-refractivity contribution in [3.8, 4) is 0 Å². The van der Waals surface area contributed by atoms with Gasteiger partial charge in [0.2, 0.25) is 0 Å². The zero-order valence-corrected chi connectivity index (χ0v) is 8.18. The summed E-state index contributed by atoms with van der Waals surface area (Å²) in [7, 11) is 0. The Bertz CT molecular complexity index is 222. The van der Waals surface area contributed by atoms with Gasteiger partial charge < -0.3 is 9.84 Å². The van der Waals surface area contributed by atoms with Gasteiger partial charge in [-0.3, -0.25) is 0 Å². The van der Waals surface area contributed by atoms with Crippen LogP contribution in [0.2, 0.25) is 0 Å². The lowest BCUT2D eigenvalue weighted by molar-refractivity contribution is 0.365. The molecule has 1 aromatic heterocycles. The van der Waals surface area contributed by atoms with Crippen LogP contribution in [-0.2, 0) is 6.54 Å². The van der Waals surface area contributed by atoms with E-state index in [9.17, 15) is 0 Å². The number of hydrogen-bond donors (Lipinski definition) is 1. The molecular weight excluding hydrogens is 208 g/mol. The van der Waals surface area contributed by atoms with Gasteiger partial charge in [-0.05, 0) is 15.9 Å². The molecular formula is C7H11BrN2O. The maximum atomic E-state index is 4.96. The van der Waals surface area contributed by atoms with Crippen LogP contribution in [0.3, 0.4) is 0 Å². The van der Waals surface area contributed by atoms with E-state index in [4.69, 9.17) is 4.52 Å². The molecule has 1 rings (SSSR count). The van der Waals surface area contributed by atoms with Gasteiger partial charge in [0.1, 0.15) is 4.60 Å². The maximum Gasteiger partial charge on any atom is 0.151 e. The predicted octanol–water partition coefficient (Wildman–Crippen LogP) is 1.94. The molecule has 0 bridgehead atoms. The Hall–Kier alpha value is -0.350. The van der Waals surface area contributed by atoms with Crippen molar-refractivity contribution < 1.29 is 4.52 Å². The Morgan fingerprint density at radius 3 is 2.91 bits per heavy atom. The van der Waals surface area contributed by atoms with E-state index in [2.05, 4.69) is 40.3 Å². The van der Waals surface area contributed by atoms with Crippen molar-refractivity contribution in [2.75, 3.05) is 0 Å². The molecule has 11 heavy (non-hydrogen) atoms. The maximum absolute atomic E-state index is 4.96. The largest absolute Gasteiger partial charge is 0.359 e. The molecule has 4 heteroatoms. The monoisotopic (exact) mass is 218 g/mol. The minimum absolute atomic E-state index is 0.471. The first-order valence-corrected chi connectivity index (χ1v) is 4.32. The third kappa shape index (κ3) is 3.03. The number of aromatic nitrogens is 1. The molecule has 0 amide bonds. The van der Waals surface area contributed by atoms with Crippen LogP contribution in [0.25, 0.3) is 0 Å². The summed E-state index contributed by atoms with van der Waals surface area (Å²) in [6.45, 7) is 4.91. The van der Waals surface area contributed by atoms with E-state index in [0.717, 1.165) is 16.9 Å². The summed E-state index contributed by atoms with van der Waals surface area (Å²) in [4.78, 5) is 0. The van der Waals surface area contributed by atoms with Crippen LogP contribution in [0.5, 0.6) is 0 Å². The molecule has 0 atom stereocenters. The first-order chi connectivity index (χ1) is 5.18. The fourth-order valence-corrected chi connectivity index (χ4v) is 1.00. The highest BCUT2D eigenvalue weighted by atomic mass is 79.9. The number of hydrogen-bond acceptors (Lipinski definition) is 3. The summed E-state index contributed by atoms with van der Waals surface area (Å²) in [5, 5.41) is 6.92. The van der Waals surface area contributed by atoms with Gasteiger partial charge in [-0.25, -0.2) is 0 Å². The molecule has 0 fully saturated rings. The van der Waals surface area contributed by atoms with E-state index in [1.54, 1.807) is 0 Å². The molecule has 1 aromatic rings. The third-order valence-electron chi connectivity index (χ3n) is 1.21. The predicted molar refractivity (Wildman–Crippen MR) is 46.2 cm³/mol. The van der Waals surface area contributed by atoms with Gasteiger partial charge in [0.15, 0.2) is 5.76 Å². The van der Waals surface area contributed by atoms with Crippen LogP contribution in [0.4, 0.5) is 0 Å². The van der Waals surface area contributed by atoms with Crippen molar-refractivity contribution in [3.05, 3.63) is 16.4 Å². The second-order valence-corrected chi connectivity index (χ2v) is 3.46. The molecule has 0 aliphatic heterocycles. The van der Waals surface area contributed by atoms with E-state index in [1.165, 1.54) is 0 Å². The summed E-state index contributed by atoms with van der Waals surface area (Å²) >= 11 is 3.21. The van der Waals surface area contributed by atoms with Crippen LogP contribution < -0.4 is 5.32 Å². The van der Waals surface area contributed by atoms with Gasteiger partial charge in [0, 0.05) is 12.1 Å². The normalized spacial score (nSPS) is 10.9. The lowest BCUT2D eigenvalue weighted by Gasteiger charge is -2.03. The number of nitrogens with one attached hydrogen (secondary N) is 1. The first-order valence-electron chi connectivity index (χ1n) is 3.53. The van der Waals surface area contributed by atoms with Gasteiger partial charge in [0.25, 0.3) is 0 Å². The Morgan fingerprint density at radius 1 is 1.73 bits per heavy atom. The zero-order chi connectivity index (χ0) is 8.27. The highest BCUT2D eigenvalue weighted by Gasteiger charge is 2.00. The molecule has 1 N–H and O–H groups in total. The quantitative estimate of drug-likeness (QED) is 0.843. The highest BCUT2D eigenvalue weighted by Crippen LogP contribution is 2.09. The van der Waals surface area contributed by atoms with Crippen LogP contribution >= 0.6 is 15.9 Å².